The Kier molecular flexibility index (Phi) is 2.37. The number of fused-ring (bicyclic) bond motifs is 1. The monoisotopic (exact) mass is 233 g/mol. The summed E-state index contributed by atoms with van der Waals surface area (Å²) in [5.74, 6) is 1.69. The number of rotatable bonds is 3. The zero-order valence-corrected chi connectivity index (χ0v) is 10.1. The number of hydrogen-bond donors (Lipinski definition) is 1. The van der Waals surface area contributed by atoms with E-state index in [0.717, 1.165) is 11.7 Å². The number of benzene rings is 1. The molecule has 1 aromatic carbocycles. The third-order valence-electron chi connectivity index (χ3n) is 3.18. The summed E-state index contributed by atoms with van der Waals surface area (Å²) in [5.41, 5.74) is 7.33. The highest BCUT2D eigenvalue weighted by atomic mass is 32.1. The van der Waals surface area contributed by atoms with Crippen LogP contribution in [0.1, 0.15) is 29.2 Å². The molecule has 2 N–H and O–H groups in total. The molecule has 0 atom stereocenters. The SMILES string of the molecule is COc1ccc2c(C3CC3)c(CN)sc2c1. The molecule has 3 rings (SSSR count). The van der Waals surface area contributed by atoms with E-state index in [1.807, 2.05) is 17.4 Å². The van der Waals surface area contributed by atoms with E-state index >= 15 is 0 Å². The van der Waals surface area contributed by atoms with Gasteiger partial charge in [-0.05, 0) is 47.9 Å². The van der Waals surface area contributed by atoms with Crippen LogP contribution in [0.3, 0.4) is 0 Å². The van der Waals surface area contributed by atoms with Crippen molar-refractivity contribution in [2.45, 2.75) is 25.3 Å². The fourth-order valence-corrected chi connectivity index (χ4v) is 3.44. The van der Waals surface area contributed by atoms with E-state index in [9.17, 15) is 0 Å². The Bertz CT molecular complexity index is 528. The summed E-state index contributed by atoms with van der Waals surface area (Å²) in [6.07, 6.45) is 2.65. The standard InChI is InChI=1S/C13H15NOS/c1-15-9-4-5-10-11(6-9)16-12(7-14)13(10)8-2-3-8/h4-6,8H,2-3,7,14H2,1H3. The molecule has 1 saturated carbocycles. The van der Waals surface area contributed by atoms with Crippen LogP contribution in [-0.2, 0) is 6.54 Å². The van der Waals surface area contributed by atoms with Crippen LogP contribution in [0.5, 0.6) is 5.75 Å². The lowest BCUT2D eigenvalue weighted by molar-refractivity contribution is 0.415. The van der Waals surface area contributed by atoms with Gasteiger partial charge < -0.3 is 10.5 Å². The minimum atomic E-state index is 0.660. The van der Waals surface area contributed by atoms with E-state index in [4.69, 9.17) is 10.5 Å². The van der Waals surface area contributed by atoms with Crippen molar-refractivity contribution < 1.29 is 4.74 Å². The van der Waals surface area contributed by atoms with Crippen molar-refractivity contribution in [3.8, 4) is 5.75 Å². The van der Waals surface area contributed by atoms with Gasteiger partial charge in [-0.1, -0.05) is 0 Å². The minimum Gasteiger partial charge on any atom is -0.497 e. The first kappa shape index (κ1) is 10.1. The molecule has 1 aromatic heterocycles. The summed E-state index contributed by atoms with van der Waals surface area (Å²) >= 11 is 1.82. The van der Waals surface area contributed by atoms with Crippen molar-refractivity contribution in [3.63, 3.8) is 0 Å². The minimum absolute atomic E-state index is 0.660. The quantitative estimate of drug-likeness (QED) is 0.883. The van der Waals surface area contributed by atoms with Crippen LogP contribution in [0.25, 0.3) is 10.1 Å². The molecule has 1 fully saturated rings. The lowest BCUT2D eigenvalue weighted by Crippen LogP contribution is -1.96. The number of ether oxygens (including phenoxy) is 1. The molecule has 16 heavy (non-hydrogen) atoms. The number of nitrogens with two attached hydrogens (primary N) is 1. The third-order valence-corrected chi connectivity index (χ3v) is 4.37. The largest absolute Gasteiger partial charge is 0.497 e. The smallest absolute Gasteiger partial charge is 0.120 e. The molecule has 2 aromatic rings. The van der Waals surface area contributed by atoms with Gasteiger partial charge in [-0.15, -0.1) is 11.3 Å². The zero-order chi connectivity index (χ0) is 11.1. The summed E-state index contributed by atoms with van der Waals surface area (Å²) in [6, 6.07) is 6.34. The highest BCUT2D eigenvalue weighted by Crippen LogP contribution is 2.48. The van der Waals surface area contributed by atoms with Crippen molar-refractivity contribution in [1.29, 1.82) is 0 Å². The molecule has 0 saturated heterocycles. The van der Waals surface area contributed by atoms with Crippen molar-refractivity contribution >= 4 is 21.4 Å². The summed E-state index contributed by atoms with van der Waals surface area (Å²) in [5, 5.41) is 1.38. The topological polar surface area (TPSA) is 35.2 Å². The van der Waals surface area contributed by atoms with Gasteiger partial charge in [0, 0.05) is 16.1 Å². The average Bonchev–Trinajstić information content (AvgIpc) is 3.08. The van der Waals surface area contributed by atoms with Gasteiger partial charge in [-0.3, -0.25) is 0 Å². The van der Waals surface area contributed by atoms with Crippen LogP contribution < -0.4 is 10.5 Å². The van der Waals surface area contributed by atoms with Gasteiger partial charge in [0.1, 0.15) is 5.75 Å². The first-order valence-electron chi connectivity index (χ1n) is 5.63. The molecule has 0 amide bonds. The van der Waals surface area contributed by atoms with Crippen LogP contribution in [0.2, 0.25) is 0 Å². The maximum absolute atomic E-state index is 5.83. The Morgan fingerprint density at radius 3 is 2.88 bits per heavy atom. The normalized spacial score (nSPS) is 15.6. The number of hydrogen-bond acceptors (Lipinski definition) is 3. The zero-order valence-electron chi connectivity index (χ0n) is 9.32. The van der Waals surface area contributed by atoms with Crippen molar-refractivity contribution in [2.24, 2.45) is 5.73 Å². The predicted molar refractivity (Wildman–Crippen MR) is 68.2 cm³/mol. The summed E-state index contributed by atoms with van der Waals surface area (Å²) in [7, 11) is 1.71. The molecule has 0 radical (unpaired) electrons. The molecule has 0 spiro atoms. The molecule has 3 heteroatoms. The van der Waals surface area contributed by atoms with Gasteiger partial charge >= 0.3 is 0 Å². The molecule has 84 valence electrons. The molecule has 0 aliphatic heterocycles. The predicted octanol–water partition coefficient (Wildman–Crippen LogP) is 3.25. The van der Waals surface area contributed by atoms with Gasteiger partial charge in [-0.2, -0.15) is 0 Å². The van der Waals surface area contributed by atoms with E-state index < -0.39 is 0 Å². The molecule has 1 aliphatic carbocycles. The maximum atomic E-state index is 5.83. The Morgan fingerprint density at radius 1 is 1.44 bits per heavy atom. The second-order valence-electron chi connectivity index (χ2n) is 4.28. The van der Waals surface area contributed by atoms with E-state index in [2.05, 4.69) is 12.1 Å². The fraction of sp³-hybridized carbons (Fsp3) is 0.385. The summed E-state index contributed by atoms with van der Waals surface area (Å²) < 4.78 is 6.56. The van der Waals surface area contributed by atoms with Crippen molar-refractivity contribution in [2.75, 3.05) is 7.11 Å². The van der Waals surface area contributed by atoms with Gasteiger partial charge in [0.25, 0.3) is 0 Å². The van der Waals surface area contributed by atoms with Gasteiger partial charge in [0.15, 0.2) is 0 Å². The first-order chi connectivity index (χ1) is 7.83. The van der Waals surface area contributed by atoms with Crippen LogP contribution in [0, 0.1) is 0 Å². The molecule has 2 nitrogen and oxygen atoms in total. The molecule has 0 unspecified atom stereocenters. The third kappa shape index (κ3) is 1.51. The molecule has 1 heterocycles. The van der Waals surface area contributed by atoms with Crippen LogP contribution in [0.4, 0.5) is 0 Å². The van der Waals surface area contributed by atoms with Crippen molar-refractivity contribution in [1.82, 2.24) is 0 Å². The van der Waals surface area contributed by atoms with Crippen LogP contribution >= 0.6 is 11.3 Å². The van der Waals surface area contributed by atoms with Crippen LogP contribution in [0.15, 0.2) is 18.2 Å². The van der Waals surface area contributed by atoms with Gasteiger partial charge in [-0.25, -0.2) is 0 Å². The molecular weight excluding hydrogens is 218 g/mol. The highest BCUT2D eigenvalue weighted by Gasteiger charge is 2.29. The van der Waals surface area contributed by atoms with E-state index in [0.29, 0.717) is 6.54 Å². The molecule has 1 aliphatic rings. The summed E-state index contributed by atoms with van der Waals surface area (Å²) in [4.78, 5) is 1.35. The number of methoxy groups -OCH3 is 1. The maximum Gasteiger partial charge on any atom is 0.120 e. The number of thiophene rings is 1. The second kappa shape index (κ2) is 3.75. The van der Waals surface area contributed by atoms with Gasteiger partial charge in [0.2, 0.25) is 0 Å². The first-order valence-corrected chi connectivity index (χ1v) is 6.44. The Labute approximate surface area is 99.0 Å². The Hall–Kier alpha value is -1.06. The highest BCUT2D eigenvalue weighted by molar-refractivity contribution is 7.19. The van der Waals surface area contributed by atoms with Gasteiger partial charge in [0.05, 0.1) is 7.11 Å². The lowest BCUT2D eigenvalue weighted by atomic mass is 10.1. The molecule has 0 bridgehead atoms. The Balaban J connectivity index is 2.21. The van der Waals surface area contributed by atoms with E-state index in [1.54, 1.807) is 7.11 Å². The Morgan fingerprint density at radius 2 is 2.25 bits per heavy atom. The second-order valence-corrected chi connectivity index (χ2v) is 5.42. The van der Waals surface area contributed by atoms with E-state index in [-0.39, 0.29) is 0 Å². The average molecular weight is 233 g/mol. The van der Waals surface area contributed by atoms with Crippen LogP contribution in [-0.4, -0.2) is 7.11 Å². The fourth-order valence-electron chi connectivity index (χ4n) is 2.25. The van der Waals surface area contributed by atoms with Crippen molar-refractivity contribution in [3.05, 3.63) is 28.6 Å². The summed E-state index contributed by atoms with van der Waals surface area (Å²) in [6.45, 7) is 0.660. The van der Waals surface area contributed by atoms with E-state index in [1.165, 1.54) is 33.4 Å². The molecular formula is C13H15NOS. The lowest BCUT2D eigenvalue weighted by Gasteiger charge is -2.01.